The van der Waals surface area contributed by atoms with Gasteiger partial charge < -0.3 is 15.2 Å². The lowest BCUT2D eigenvalue weighted by molar-refractivity contribution is -0.115. The second-order valence-corrected chi connectivity index (χ2v) is 10.9. The molecule has 0 radical (unpaired) electrons. The van der Waals surface area contributed by atoms with Crippen LogP contribution in [-0.2, 0) is 17.1 Å². The molecule has 0 fully saturated rings. The second kappa shape index (κ2) is 18.7. The van der Waals surface area contributed by atoms with Crippen molar-refractivity contribution >= 4 is 17.6 Å². The molecule has 1 atom stereocenters. The number of carboxylic acids is 1. The first-order chi connectivity index (χ1) is 20.5. The number of hydrogen-bond acceptors (Lipinski definition) is 4. The lowest BCUT2D eigenvalue weighted by Crippen LogP contribution is -2.18. The van der Waals surface area contributed by atoms with Gasteiger partial charge in [0.2, 0.25) is 5.91 Å². The van der Waals surface area contributed by atoms with Crippen molar-refractivity contribution in [1.82, 2.24) is 4.98 Å². The van der Waals surface area contributed by atoms with E-state index in [9.17, 15) is 18.4 Å². The molecule has 0 aliphatic heterocycles. The van der Waals surface area contributed by atoms with Crippen molar-refractivity contribution in [2.75, 3.05) is 11.9 Å². The minimum atomic E-state index is -2.97. The van der Waals surface area contributed by atoms with E-state index in [0.717, 1.165) is 25.0 Å². The van der Waals surface area contributed by atoms with E-state index in [1.165, 1.54) is 63.3 Å². The Hall–Kier alpha value is -3.81. The van der Waals surface area contributed by atoms with E-state index >= 15 is 0 Å². The molecule has 2 N–H and O–H groups in total. The van der Waals surface area contributed by atoms with Gasteiger partial charge in [-0.3, -0.25) is 9.78 Å². The van der Waals surface area contributed by atoms with Crippen molar-refractivity contribution < 1.29 is 28.2 Å². The number of nitrogens with zero attached hydrogens (tertiary/aromatic N) is 1. The van der Waals surface area contributed by atoms with Gasteiger partial charge >= 0.3 is 5.97 Å². The Balaban J connectivity index is 0.000000300. The van der Waals surface area contributed by atoms with Gasteiger partial charge in [-0.2, -0.15) is 0 Å². The van der Waals surface area contributed by atoms with Gasteiger partial charge in [0.25, 0.3) is 5.92 Å². The van der Waals surface area contributed by atoms with Crippen molar-refractivity contribution in [3.63, 3.8) is 0 Å². The predicted molar refractivity (Wildman–Crippen MR) is 168 cm³/mol. The van der Waals surface area contributed by atoms with Crippen LogP contribution >= 0.6 is 0 Å². The number of carbonyl (C=O) groups excluding carboxylic acids is 1. The molecule has 1 unspecified atom stereocenters. The number of benzene rings is 2. The standard InChI is InChI=1S/C19H30O3.C16H16F2N2O/c1-3-5-6-7-10-16(9-4-2)13-14-22-18-12-8-11-17(15-18)19(20)21;1-11-7-8-13(10-19-11)20-15(21)9-12-5-3-4-6-14(12)16(2,17)18/h8,11-12,15-16H,3-7,9-10,13-14H2,1-2H3,(H,20,21);3-8,10H,9H2,1-2H3,(H,20,21). The van der Waals surface area contributed by atoms with E-state index in [2.05, 4.69) is 24.1 Å². The number of carboxylic acid groups (broad SMARTS) is 1. The Morgan fingerprint density at radius 2 is 1.72 bits per heavy atom. The molecule has 6 nitrogen and oxygen atoms in total. The molecular weight excluding hydrogens is 550 g/mol. The molecule has 0 aliphatic carbocycles. The molecule has 234 valence electrons. The van der Waals surface area contributed by atoms with Crippen LogP contribution in [0.3, 0.4) is 0 Å². The maximum absolute atomic E-state index is 13.5. The summed E-state index contributed by atoms with van der Waals surface area (Å²) in [5.41, 5.74) is 1.86. The van der Waals surface area contributed by atoms with Crippen LogP contribution in [0.1, 0.15) is 99.3 Å². The Bertz CT molecular complexity index is 1260. The van der Waals surface area contributed by atoms with E-state index < -0.39 is 11.9 Å². The Morgan fingerprint density at radius 3 is 2.37 bits per heavy atom. The molecule has 8 heteroatoms. The number of hydrogen-bond donors (Lipinski definition) is 2. The van der Waals surface area contributed by atoms with Crippen LogP contribution in [0.2, 0.25) is 0 Å². The maximum atomic E-state index is 13.5. The minimum Gasteiger partial charge on any atom is -0.494 e. The average Bonchev–Trinajstić information content (AvgIpc) is 2.97. The van der Waals surface area contributed by atoms with E-state index in [0.29, 0.717) is 23.6 Å². The second-order valence-electron chi connectivity index (χ2n) is 10.9. The maximum Gasteiger partial charge on any atom is 0.335 e. The number of aryl methyl sites for hydroxylation is 1. The van der Waals surface area contributed by atoms with Gasteiger partial charge in [0, 0.05) is 18.2 Å². The number of nitrogens with one attached hydrogen (secondary N) is 1. The minimum absolute atomic E-state index is 0.104. The van der Waals surface area contributed by atoms with Gasteiger partial charge in [-0.05, 0) is 55.2 Å². The Morgan fingerprint density at radius 1 is 0.953 bits per heavy atom. The van der Waals surface area contributed by atoms with E-state index in [4.69, 9.17) is 9.84 Å². The summed E-state index contributed by atoms with van der Waals surface area (Å²) >= 11 is 0. The molecule has 2 aromatic carbocycles. The van der Waals surface area contributed by atoms with E-state index in [1.807, 2.05) is 13.0 Å². The summed E-state index contributed by atoms with van der Waals surface area (Å²) in [6.07, 6.45) is 11.5. The van der Waals surface area contributed by atoms with Crippen molar-refractivity contribution in [1.29, 1.82) is 0 Å². The number of unbranched alkanes of at least 4 members (excludes halogenated alkanes) is 3. The van der Waals surface area contributed by atoms with Crippen LogP contribution in [-0.4, -0.2) is 28.6 Å². The molecule has 0 bridgehead atoms. The number of anilines is 1. The first kappa shape index (κ1) is 35.4. The fourth-order valence-electron chi connectivity index (χ4n) is 4.79. The highest BCUT2D eigenvalue weighted by Crippen LogP contribution is 2.30. The molecular formula is C35H46F2N2O4. The molecule has 0 aliphatic rings. The fourth-order valence-corrected chi connectivity index (χ4v) is 4.79. The van der Waals surface area contributed by atoms with Crippen LogP contribution in [0.25, 0.3) is 0 Å². The van der Waals surface area contributed by atoms with Gasteiger partial charge in [0.05, 0.1) is 30.5 Å². The number of amides is 1. The number of aromatic carboxylic acids is 1. The third kappa shape index (κ3) is 13.8. The monoisotopic (exact) mass is 596 g/mol. The molecule has 0 saturated carbocycles. The summed E-state index contributed by atoms with van der Waals surface area (Å²) in [6, 6.07) is 16.3. The average molecular weight is 597 g/mol. The Kier molecular flexibility index (Phi) is 15.4. The first-order valence-corrected chi connectivity index (χ1v) is 15.2. The van der Waals surface area contributed by atoms with Crippen molar-refractivity contribution in [2.24, 2.45) is 5.92 Å². The van der Waals surface area contributed by atoms with Gasteiger partial charge in [0.15, 0.2) is 0 Å². The zero-order valence-electron chi connectivity index (χ0n) is 25.9. The molecule has 43 heavy (non-hydrogen) atoms. The highest BCUT2D eigenvalue weighted by atomic mass is 19.3. The lowest BCUT2D eigenvalue weighted by Gasteiger charge is -2.16. The third-order valence-electron chi connectivity index (χ3n) is 7.08. The quantitative estimate of drug-likeness (QED) is 0.161. The number of carbonyl (C=O) groups is 2. The van der Waals surface area contributed by atoms with Crippen LogP contribution < -0.4 is 10.1 Å². The van der Waals surface area contributed by atoms with Crippen molar-refractivity contribution in [2.45, 2.75) is 91.4 Å². The van der Waals surface area contributed by atoms with Crippen molar-refractivity contribution in [3.8, 4) is 5.75 Å². The molecule has 1 amide bonds. The van der Waals surface area contributed by atoms with Gasteiger partial charge in [-0.1, -0.05) is 89.1 Å². The largest absolute Gasteiger partial charge is 0.494 e. The number of ether oxygens (including phenoxy) is 1. The summed E-state index contributed by atoms with van der Waals surface area (Å²) in [6.45, 7) is 7.80. The highest BCUT2D eigenvalue weighted by molar-refractivity contribution is 5.92. The summed E-state index contributed by atoms with van der Waals surface area (Å²) in [4.78, 5) is 27.0. The van der Waals surface area contributed by atoms with Crippen LogP contribution in [0.4, 0.5) is 14.5 Å². The smallest absolute Gasteiger partial charge is 0.335 e. The number of rotatable bonds is 16. The van der Waals surface area contributed by atoms with E-state index in [1.54, 1.807) is 42.5 Å². The normalized spacial score (nSPS) is 11.7. The first-order valence-electron chi connectivity index (χ1n) is 15.2. The van der Waals surface area contributed by atoms with Gasteiger partial charge in [0.1, 0.15) is 5.75 Å². The van der Waals surface area contributed by atoms with Crippen LogP contribution in [0.15, 0.2) is 66.9 Å². The number of aromatic nitrogens is 1. The summed E-state index contributed by atoms with van der Waals surface area (Å²) in [7, 11) is 0. The van der Waals surface area contributed by atoms with Crippen LogP contribution in [0.5, 0.6) is 5.75 Å². The summed E-state index contributed by atoms with van der Waals surface area (Å²) in [5.74, 6) is -2.85. The lowest BCUT2D eigenvalue weighted by atomic mass is 9.93. The number of alkyl halides is 2. The number of halogens is 2. The summed E-state index contributed by atoms with van der Waals surface area (Å²) < 4.78 is 32.7. The van der Waals surface area contributed by atoms with Crippen molar-refractivity contribution in [3.05, 3.63) is 89.2 Å². The molecule has 0 spiro atoms. The van der Waals surface area contributed by atoms with Gasteiger partial charge in [-0.15, -0.1) is 0 Å². The van der Waals surface area contributed by atoms with E-state index in [-0.39, 0.29) is 23.5 Å². The van der Waals surface area contributed by atoms with Crippen LogP contribution in [0, 0.1) is 12.8 Å². The SMILES string of the molecule is CCCCCCC(CCC)CCOc1cccc(C(=O)O)c1.Cc1ccc(NC(=O)Cc2ccccc2C(C)(F)F)cn1. The number of pyridine rings is 1. The molecule has 3 aromatic rings. The Labute approximate surface area is 254 Å². The van der Waals surface area contributed by atoms with Gasteiger partial charge in [-0.25, -0.2) is 13.6 Å². The summed E-state index contributed by atoms with van der Waals surface area (Å²) in [5, 5.41) is 11.6. The zero-order chi connectivity index (χ0) is 31.7. The molecule has 0 saturated heterocycles. The third-order valence-corrected chi connectivity index (χ3v) is 7.08. The molecule has 1 aromatic heterocycles. The molecule has 1 heterocycles. The predicted octanol–water partition coefficient (Wildman–Crippen LogP) is 9.22. The highest BCUT2D eigenvalue weighted by Gasteiger charge is 2.27. The fraction of sp³-hybridized carbons (Fsp3) is 0.457. The zero-order valence-corrected chi connectivity index (χ0v) is 25.9. The topological polar surface area (TPSA) is 88.5 Å². The molecule has 3 rings (SSSR count).